The molecule has 538 valence electrons. The van der Waals surface area contributed by atoms with Crippen LogP contribution in [0.2, 0.25) is 0 Å². The lowest BCUT2D eigenvalue weighted by Gasteiger charge is -2.47. The monoisotopic (exact) mass is 1370 g/mol. The normalized spacial score (nSPS) is 21.1. The molecule has 0 radical (unpaired) electrons. The van der Waals surface area contributed by atoms with Gasteiger partial charge in [-0.25, -0.2) is 26.6 Å². The third-order valence-electron chi connectivity index (χ3n) is 20.2. The van der Waals surface area contributed by atoms with E-state index in [1.807, 2.05) is 29.3 Å². The Morgan fingerprint density at radius 3 is 1.75 bits per heavy atom. The Bertz CT molecular complexity index is 2990. The molecule has 2 aromatic heterocycles. The first kappa shape index (κ1) is 74.0. The molecule has 23 nitrogen and oxygen atoms in total. The van der Waals surface area contributed by atoms with Crippen molar-refractivity contribution in [2.45, 2.75) is 152 Å². The van der Waals surface area contributed by atoms with Gasteiger partial charge in [-0.3, -0.25) is 19.3 Å². The minimum atomic E-state index is -2.67. The Morgan fingerprint density at radius 1 is 0.608 bits per heavy atom. The van der Waals surface area contributed by atoms with E-state index < -0.39 is 35.1 Å². The molecule has 2 aromatic carbocycles. The summed E-state index contributed by atoms with van der Waals surface area (Å²) in [5.41, 5.74) is 2.15. The number of nitrogens with zero attached hydrogens (tertiary/aromatic N) is 10. The molecule has 1 spiro atoms. The van der Waals surface area contributed by atoms with Gasteiger partial charge in [-0.1, -0.05) is 35.5 Å². The molecule has 10 rings (SSSR count). The number of esters is 1. The molecular formula is C69H100F5N11O12. The minimum Gasteiger partial charge on any atom is -0.420 e. The van der Waals surface area contributed by atoms with Gasteiger partial charge in [-0.2, -0.15) is 0 Å². The zero-order valence-electron chi connectivity index (χ0n) is 56.3. The van der Waals surface area contributed by atoms with Crippen molar-refractivity contribution in [3.8, 4) is 5.75 Å². The average molecular weight is 1370 g/mol. The first-order valence-electron chi connectivity index (χ1n) is 35.2. The van der Waals surface area contributed by atoms with E-state index in [9.17, 15) is 36.3 Å². The molecule has 1 aliphatic carbocycles. The number of nitrogens with one attached hydrogen (secondary N) is 1. The van der Waals surface area contributed by atoms with E-state index in [1.54, 1.807) is 4.68 Å². The molecule has 4 atom stereocenters. The number of piperidine rings is 3. The molecule has 2 amide bonds. The third kappa shape index (κ3) is 22.7. The maximum Gasteiger partial charge on any atom is 0.313 e. The van der Waals surface area contributed by atoms with Gasteiger partial charge in [0, 0.05) is 88.2 Å². The van der Waals surface area contributed by atoms with Crippen LogP contribution in [0.1, 0.15) is 137 Å². The number of rotatable bonds is 41. The van der Waals surface area contributed by atoms with Crippen LogP contribution >= 0.6 is 0 Å². The summed E-state index contributed by atoms with van der Waals surface area (Å²) < 4.78 is 122. The van der Waals surface area contributed by atoms with E-state index in [4.69, 9.17) is 43.0 Å². The molecule has 6 fully saturated rings. The van der Waals surface area contributed by atoms with E-state index in [0.29, 0.717) is 153 Å². The van der Waals surface area contributed by atoms with Crippen molar-refractivity contribution >= 4 is 17.8 Å². The number of hydrogen-bond acceptors (Lipinski definition) is 19. The number of carbonyl (C=O) groups is 3. The molecule has 1 saturated carbocycles. The van der Waals surface area contributed by atoms with Crippen LogP contribution in [0.25, 0.3) is 0 Å². The summed E-state index contributed by atoms with van der Waals surface area (Å²) in [4.78, 5) is 48.5. The highest BCUT2D eigenvalue weighted by molar-refractivity contribution is 5.79. The maximum absolute atomic E-state index is 13.9. The Morgan fingerprint density at radius 2 is 1.15 bits per heavy atom. The molecule has 5 saturated heterocycles. The second-order valence-corrected chi connectivity index (χ2v) is 26.8. The Labute approximate surface area is 565 Å². The number of amides is 2. The van der Waals surface area contributed by atoms with Crippen LogP contribution in [0, 0.1) is 35.7 Å². The van der Waals surface area contributed by atoms with Crippen molar-refractivity contribution < 1.29 is 79.0 Å². The molecule has 6 aliphatic rings. The van der Waals surface area contributed by atoms with Gasteiger partial charge < -0.3 is 67.2 Å². The molecule has 7 heterocycles. The third-order valence-corrected chi connectivity index (χ3v) is 20.2. The molecule has 5 aliphatic heterocycles. The number of aromatic nitrogens is 6. The lowest BCUT2D eigenvalue weighted by Crippen LogP contribution is -2.51. The van der Waals surface area contributed by atoms with Gasteiger partial charge in [-0.05, 0) is 115 Å². The molecule has 4 aromatic rings. The highest BCUT2D eigenvalue weighted by Gasteiger charge is 2.45. The number of hydrogen-bond donors (Lipinski definition) is 1. The number of likely N-dealkylation sites (tertiary alicyclic amines) is 3. The van der Waals surface area contributed by atoms with Crippen LogP contribution in [0.4, 0.5) is 22.0 Å². The standard InChI is InChI=1S/C69H100F5N11O12/c1-51-76-78-66(85(51)59-45-57-7-8-58(46-59)84(57)21-11-62(52-5-3-2-4-6-52)75-67(88)53-9-14-69(73,74)15-10-53)54-47-82(48-54)63(86)12-20-80-22-16-68(17-23-80)18-24-81(25-19-68)26-29-90-32-35-93-39-40-95-41-42-96-50-56-49-83(79-77-56)27-30-91-33-36-94-38-37-92-34-31-89-28-13-64(87)97-65-60(71)43-55(70)44-61(65)72/h2-6,43-44,49,53-54,57-59,62H,7-42,45-48,50H2,1H3,(H,75,88)/t57-,58?,59?,62?/m0/s1. The summed E-state index contributed by atoms with van der Waals surface area (Å²) in [7, 11) is 0. The van der Waals surface area contributed by atoms with Crippen molar-refractivity contribution in [2.75, 3.05) is 158 Å². The topological polar surface area (TPSA) is 221 Å². The lowest BCUT2D eigenvalue weighted by molar-refractivity contribution is -0.137. The molecule has 28 heteroatoms. The second-order valence-electron chi connectivity index (χ2n) is 26.8. The number of fused-ring (bicyclic) bond motifs is 2. The fraction of sp³-hybridized carbons (Fsp3) is 0.725. The van der Waals surface area contributed by atoms with Gasteiger partial charge >= 0.3 is 5.97 Å². The van der Waals surface area contributed by atoms with Crippen LogP contribution in [0.15, 0.2) is 48.7 Å². The van der Waals surface area contributed by atoms with Gasteiger partial charge in [0.1, 0.15) is 23.2 Å². The van der Waals surface area contributed by atoms with E-state index in [1.165, 1.54) is 25.7 Å². The minimum absolute atomic E-state index is 0.0480. The first-order chi connectivity index (χ1) is 47.2. The predicted molar refractivity (Wildman–Crippen MR) is 345 cm³/mol. The summed E-state index contributed by atoms with van der Waals surface area (Å²) in [5.74, 6) is -6.38. The van der Waals surface area contributed by atoms with Crippen LogP contribution in [0.5, 0.6) is 5.75 Å². The fourth-order valence-electron chi connectivity index (χ4n) is 14.5. The maximum atomic E-state index is 13.9. The summed E-state index contributed by atoms with van der Waals surface area (Å²) in [5, 5.41) is 20.9. The van der Waals surface area contributed by atoms with E-state index in [2.05, 4.69) is 63.8 Å². The number of alkyl halides is 2. The van der Waals surface area contributed by atoms with Crippen LogP contribution < -0.4 is 10.1 Å². The van der Waals surface area contributed by atoms with Gasteiger partial charge in [0.15, 0.2) is 11.6 Å². The van der Waals surface area contributed by atoms with E-state index in [-0.39, 0.29) is 81.6 Å². The number of halogens is 5. The summed E-state index contributed by atoms with van der Waals surface area (Å²) >= 11 is 0. The Balaban J connectivity index is 0.487. The van der Waals surface area contributed by atoms with E-state index in [0.717, 1.165) is 95.1 Å². The van der Waals surface area contributed by atoms with Gasteiger partial charge in [0.05, 0.1) is 137 Å². The Kier molecular flexibility index (Phi) is 28.8. The zero-order valence-corrected chi connectivity index (χ0v) is 56.3. The van der Waals surface area contributed by atoms with Crippen LogP contribution in [-0.4, -0.2) is 243 Å². The predicted octanol–water partition coefficient (Wildman–Crippen LogP) is 7.66. The molecule has 1 N–H and O–H groups in total. The summed E-state index contributed by atoms with van der Waals surface area (Å²) in [6, 6.07) is 11.9. The average Bonchev–Trinajstić information content (AvgIpc) is 1.65. The Hall–Kier alpha value is -5.66. The molecule has 97 heavy (non-hydrogen) atoms. The smallest absolute Gasteiger partial charge is 0.313 e. The quantitative estimate of drug-likeness (QED) is 0.0195. The fourth-order valence-corrected chi connectivity index (χ4v) is 14.5. The molecule has 3 unspecified atom stereocenters. The summed E-state index contributed by atoms with van der Waals surface area (Å²) in [6.07, 6.45) is 11.9. The first-order valence-corrected chi connectivity index (χ1v) is 35.2. The second kappa shape index (κ2) is 37.7. The van der Waals surface area contributed by atoms with Crippen molar-refractivity contribution in [2.24, 2.45) is 11.3 Å². The highest BCUT2D eigenvalue weighted by atomic mass is 19.3. The van der Waals surface area contributed by atoms with Crippen molar-refractivity contribution in [3.05, 3.63) is 89.0 Å². The van der Waals surface area contributed by atoms with Crippen molar-refractivity contribution in [1.29, 1.82) is 0 Å². The highest BCUT2D eigenvalue weighted by Crippen LogP contribution is 2.45. The van der Waals surface area contributed by atoms with Crippen molar-refractivity contribution in [1.82, 2.24) is 54.7 Å². The summed E-state index contributed by atoms with van der Waals surface area (Å²) in [6.45, 7) is 16.9. The molecule has 2 bridgehead atoms. The van der Waals surface area contributed by atoms with Crippen LogP contribution in [-0.2, 0) is 65.4 Å². The van der Waals surface area contributed by atoms with Crippen molar-refractivity contribution in [3.63, 3.8) is 0 Å². The lowest BCUT2D eigenvalue weighted by atomic mass is 9.71. The largest absolute Gasteiger partial charge is 0.420 e. The van der Waals surface area contributed by atoms with Crippen LogP contribution in [0.3, 0.4) is 0 Å². The van der Waals surface area contributed by atoms with Gasteiger partial charge in [0.25, 0.3) is 0 Å². The van der Waals surface area contributed by atoms with Gasteiger partial charge in [-0.15, -0.1) is 15.3 Å². The zero-order chi connectivity index (χ0) is 67.8. The van der Waals surface area contributed by atoms with Gasteiger partial charge in [0.2, 0.25) is 23.5 Å². The molecular weight excluding hydrogens is 1270 g/mol. The number of benzene rings is 2. The van der Waals surface area contributed by atoms with E-state index >= 15 is 0 Å². The SMILES string of the molecule is Cc1nnc(C2CN(C(=O)CCN3CCC4(CCN(CCOCCOCCOCCOCc5cn(CCOCCOCCOCCOCCC(=O)Oc6c(F)cc(F)cc6F)nn5)CC4)CC3)C2)n1C1CC2CC[C@@H](C1)N2CCC(NC(=O)C1CCC(F)(F)CC1)c1ccccc1. The number of ether oxygens (including phenoxy) is 9. The number of aryl methyl sites for hydroxylation is 1. The number of carbonyl (C=O) groups excluding carboxylic acids is 3.